The lowest BCUT2D eigenvalue weighted by Crippen LogP contribution is -2.39. The van der Waals surface area contributed by atoms with E-state index in [1.807, 2.05) is 0 Å². The van der Waals surface area contributed by atoms with Gasteiger partial charge in [0.15, 0.2) is 5.96 Å². The fraction of sp³-hybridized carbons (Fsp3) is 0.923. The number of nitrogens with zero attached hydrogens (tertiary/aromatic N) is 1. The minimum atomic E-state index is -0.404. The highest BCUT2D eigenvalue weighted by molar-refractivity contribution is 5.78. The first-order valence-electron chi connectivity index (χ1n) is 6.61. The number of hydrogen-bond acceptors (Lipinski definition) is 2. The number of hydrogen-bond donors (Lipinski definition) is 3. The van der Waals surface area contributed by atoms with Gasteiger partial charge in [0.05, 0.1) is 12.6 Å². The third-order valence-electron chi connectivity index (χ3n) is 3.03. The monoisotopic (exact) mass is 241 g/mol. The second-order valence-corrected chi connectivity index (χ2v) is 6.27. The molecule has 0 aliphatic heterocycles. The maximum atomic E-state index is 9.80. The molecule has 0 bridgehead atoms. The predicted molar refractivity (Wildman–Crippen MR) is 72.0 cm³/mol. The Morgan fingerprint density at radius 2 is 2.00 bits per heavy atom. The van der Waals surface area contributed by atoms with E-state index in [1.165, 1.54) is 25.7 Å². The van der Waals surface area contributed by atoms with Gasteiger partial charge in [-0.15, -0.1) is 0 Å². The molecule has 0 aromatic rings. The van der Waals surface area contributed by atoms with E-state index in [2.05, 4.69) is 31.1 Å². The number of nitrogens with one attached hydrogen (secondary N) is 1. The first-order chi connectivity index (χ1) is 7.87. The van der Waals surface area contributed by atoms with Crippen LogP contribution in [0.5, 0.6) is 0 Å². The van der Waals surface area contributed by atoms with Crippen LogP contribution in [0.2, 0.25) is 0 Å². The van der Waals surface area contributed by atoms with E-state index >= 15 is 0 Å². The number of aliphatic hydroxyl groups is 1. The summed E-state index contributed by atoms with van der Waals surface area (Å²) in [5, 5.41) is 13.0. The molecule has 4 nitrogen and oxygen atoms in total. The zero-order valence-corrected chi connectivity index (χ0v) is 11.4. The summed E-state index contributed by atoms with van der Waals surface area (Å²) in [6.07, 6.45) is 5.25. The lowest BCUT2D eigenvalue weighted by atomic mass is 9.89. The van der Waals surface area contributed by atoms with Crippen LogP contribution in [0.4, 0.5) is 0 Å². The van der Waals surface area contributed by atoms with Crippen molar-refractivity contribution in [2.75, 3.05) is 6.54 Å². The van der Waals surface area contributed by atoms with Crippen molar-refractivity contribution in [2.24, 2.45) is 16.1 Å². The molecule has 1 rings (SSSR count). The highest BCUT2D eigenvalue weighted by Gasteiger charge is 2.17. The van der Waals surface area contributed by atoms with Crippen LogP contribution in [0.3, 0.4) is 0 Å². The highest BCUT2D eigenvalue weighted by Crippen LogP contribution is 2.20. The van der Waals surface area contributed by atoms with Crippen LogP contribution in [0.15, 0.2) is 4.99 Å². The third kappa shape index (κ3) is 6.51. The second-order valence-electron chi connectivity index (χ2n) is 6.27. The molecular weight excluding hydrogens is 214 g/mol. The summed E-state index contributed by atoms with van der Waals surface area (Å²) >= 11 is 0. The molecule has 1 aliphatic carbocycles. The minimum absolute atomic E-state index is 0.128. The minimum Gasteiger partial charge on any atom is -0.391 e. The molecule has 1 fully saturated rings. The van der Waals surface area contributed by atoms with Gasteiger partial charge in [-0.1, -0.05) is 33.6 Å². The zero-order chi connectivity index (χ0) is 12.9. The molecule has 100 valence electrons. The van der Waals surface area contributed by atoms with Crippen molar-refractivity contribution in [1.82, 2.24) is 5.32 Å². The van der Waals surface area contributed by atoms with E-state index in [9.17, 15) is 5.11 Å². The molecule has 1 atom stereocenters. The Morgan fingerprint density at radius 3 is 2.53 bits per heavy atom. The van der Waals surface area contributed by atoms with Gasteiger partial charge in [-0.2, -0.15) is 0 Å². The van der Waals surface area contributed by atoms with Gasteiger partial charge in [0, 0.05) is 6.04 Å². The van der Waals surface area contributed by atoms with Crippen molar-refractivity contribution in [3.05, 3.63) is 0 Å². The summed E-state index contributed by atoms with van der Waals surface area (Å²) in [5.41, 5.74) is 5.92. The molecular formula is C13H27N3O. The first-order valence-corrected chi connectivity index (χ1v) is 6.61. The Kier molecular flexibility index (Phi) is 5.25. The first kappa shape index (κ1) is 14.3. The van der Waals surface area contributed by atoms with Crippen molar-refractivity contribution in [3.8, 4) is 0 Å². The summed E-state index contributed by atoms with van der Waals surface area (Å²) in [7, 11) is 0. The summed E-state index contributed by atoms with van der Waals surface area (Å²) in [5.74, 6) is 0.477. The predicted octanol–water partition coefficient (Wildman–Crippen LogP) is 1.63. The smallest absolute Gasteiger partial charge is 0.188 e. The van der Waals surface area contributed by atoms with Gasteiger partial charge in [-0.05, 0) is 24.7 Å². The Hall–Kier alpha value is -0.770. The molecule has 0 saturated heterocycles. The summed E-state index contributed by atoms with van der Waals surface area (Å²) in [4.78, 5) is 4.21. The second kappa shape index (κ2) is 6.24. The van der Waals surface area contributed by atoms with Crippen LogP contribution in [0.25, 0.3) is 0 Å². The van der Waals surface area contributed by atoms with E-state index in [0.29, 0.717) is 18.5 Å². The van der Waals surface area contributed by atoms with Gasteiger partial charge in [-0.3, -0.25) is 4.99 Å². The summed E-state index contributed by atoms with van der Waals surface area (Å²) in [6.45, 7) is 6.73. The maximum Gasteiger partial charge on any atom is 0.188 e. The van der Waals surface area contributed by atoms with E-state index < -0.39 is 6.10 Å². The zero-order valence-electron chi connectivity index (χ0n) is 11.4. The lowest BCUT2D eigenvalue weighted by molar-refractivity contribution is 0.129. The van der Waals surface area contributed by atoms with Crippen LogP contribution >= 0.6 is 0 Å². The number of guanidine groups is 1. The molecule has 0 aromatic heterocycles. The average Bonchev–Trinajstić information content (AvgIpc) is 2.64. The van der Waals surface area contributed by atoms with Crippen molar-refractivity contribution < 1.29 is 5.11 Å². The van der Waals surface area contributed by atoms with E-state index in [-0.39, 0.29) is 5.41 Å². The molecule has 0 aromatic carbocycles. The molecule has 0 heterocycles. The molecule has 1 saturated carbocycles. The molecule has 4 heteroatoms. The van der Waals surface area contributed by atoms with E-state index in [0.717, 1.165) is 6.42 Å². The number of rotatable bonds is 4. The largest absolute Gasteiger partial charge is 0.391 e. The Labute approximate surface area is 105 Å². The standard InChI is InChI=1S/C13H27N3O/c1-13(2,3)8-11(17)9-15-12(14)16-10-6-4-5-7-10/h10-11,17H,4-9H2,1-3H3,(H3,14,15,16). The van der Waals surface area contributed by atoms with Gasteiger partial charge in [0.25, 0.3) is 0 Å². The van der Waals surface area contributed by atoms with Gasteiger partial charge >= 0.3 is 0 Å². The third-order valence-corrected chi connectivity index (χ3v) is 3.03. The van der Waals surface area contributed by atoms with Crippen LogP contribution in [-0.2, 0) is 0 Å². The topological polar surface area (TPSA) is 70.6 Å². The van der Waals surface area contributed by atoms with Crippen LogP contribution < -0.4 is 11.1 Å². The summed E-state index contributed by atoms with van der Waals surface area (Å²) in [6, 6.07) is 0.485. The SMILES string of the molecule is CC(C)(C)CC(O)CN=C(N)NC1CCCC1. The van der Waals surface area contributed by atoms with Crippen molar-refractivity contribution in [2.45, 2.75) is 65.0 Å². The summed E-state index contributed by atoms with van der Waals surface area (Å²) < 4.78 is 0. The quantitative estimate of drug-likeness (QED) is 0.517. The molecule has 17 heavy (non-hydrogen) atoms. The molecule has 4 N–H and O–H groups in total. The lowest BCUT2D eigenvalue weighted by Gasteiger charge is -2.21. The molecule has 0 radical (unpaired) electrons. The Morgan fingerprint density at radius 1 is 1.41 bits per heavy atom. The van der Waals surface area contributed by atoms with E-state index in [1.54, 1.807) is 0 Å². The fourth-order valence-electron chi connectivity index (χ4n) is 2.30. The Balaban J connectivity index is 2.26. The van der Waals surface area contributed by atoms with Crippen LogP contribution in [0.1, 0.15) is 52.9 Å². The Bertz CT molecular complexity index is 252. The number of aliphatic hydroxyl groups excluding tert-OH is 1. The van der Waals surface area contributed by atoms with Gasteiger partial charge in [0.1, 0.15) is 0 Å². The maximum absolute atomic E-state index is 9.80. The fourth-order valence-corrected chi connectivity index (χ4v) is 2.30. The number of nitrogens with two attached hydrogens (primary N) is 1. The molecule has 1 unspecified atom stereocenters. The molecule has 0 amide bonds. The van der Waals surface area contributed by atoms with Gasteiger partial charge < -0.3 is 16.2 Å². The number of aliphatic imine (C=N–C) groups is 1. The van der Waals surface area contributed by atoms with Crippen molar-refractivity contribution in [3.63, 3.8) is 0 Å². The van der Waals surface area contributed by atoms with Crippen LogP contribution in [0, 0.1) is 5.41 Å². The van der Waals surface area contributed by atoms with Gasteiger partial charge in [0.2, 0.25) is 0 Å². The molecule has 1 aliphatic rings. The van der Waals surface area contributed by atoms with Gasteiger partial charge in [-0.25, -0.2) is 0 Å². The van der Waals surface area contributed by atoms with Crippen molar-refractivity contribution in [1.29, 1.82) is 0 Å². The highest BCUT2D eigenvalue weighted by atomic mass is 16.3. The van der Waals surface area contributed by atoms with Crippen LogP contribution in [-0.4, -0.2) is 29.8 Å². The normalized spacial score (nSPS) is 20.6. The van der Waals surface area contributed by atoms with Crippen molar-refractivity contribution >= 4 is 5.96 Å². The average molecular weight is 241 g/mol. The molecule has 0 spiro atoms. The van der Waals surface area contributed by atoms with E-state index in [4.69, 9.17) is 5.73 Å².